The minimum Gasteiger partial charge on any atom is -0.507 e. The standard InChI is InChI=1S/C21H20N4O4S/c1-11-23-24-21(30-11)25-17(12-3-7-14(22)8-4-12)16(19(27)20(25)28)18(26)13-5-9-15(29-2)10-6-13/h3,5-10,12,17,26H,4,22H2,1-2H3. The van der Waals surface area contributed by atoms with Gasteiger partial charge in [0.1, 0.15) is 16.5 Å². The number of carbonyl (C=O) groups is 2. The topological polar surface area (TPSA) is 119 Å². The normalized spacial score (nSPS) is 23.0. The Morgan fingerprint density at radius 3 is 2.57 bits per heavy atom. The van der Waals surface area contributed by atoms with Crippen LogP contribution < -0.4 is 15.4 Å². The molecule has 0 spiro atoms. The molecular formula is C21H20N4O4S. The number of anilines is 1. The van der Waals surface area contributed by atoms with Gasteiger partial charge in [0, 0.05) is 17.2 Å². The van der Waals surface area contributed by atoms with Crippen molar-refractivity contribution in [3.63, 3.8) is 0 Å². The third-order valence-corrected chi connectivity index (χ3v) is 5.98. The van der Waals surface area contributed by atoms with Crippen LogP contribution in [-0.2, 0) is 9.59 Å². The molecule has 154 valence electrons. The number of rotatable bonds is 4. The number of ketones is 1. The van der Waals surface area contributed by atoms with Gasteiger partial charge in [0.05, 0.1) is 18.7 Å². The first-order valence-corrected chi connectivity index (χ1v) is 10.1. The first-order chi connectivity index (χ1) is 14.4. The number of aliphatic hydroxyl groups is 1. The van der Waals surface area contributed by atoms with Gasteiger partial charge in [-0.1, -0.05) is 23.5 Å². The van der Waals surface area contributed by atoms with Gasteiger partial charge >= 0.3 is 5.91 Å². The van der Waals surface area contributed by atoms with E-state index in [4.69, 9.17) is 10.5 Å². The summed E-state index contributed by atoms with van der Waals surface area (Å²) in [5.74, 6) is -1.36. The molecule has 0 bridgehead atoms. The van der Waals surface area contributed by atoms with Gasteiger partial charge in [-0.25, -0.2) is 0 Å². The molecule has 0 radical (unpaired) electrons. The molecule has 2 heterocycles. The van der Waals surface area contributed by atoms with Crippen LogP contribution >= 0.6 is 11.3 Å². The summed E-state index contributed by atoms with van der Waals surface area (Å²) < 4.78 is 5.15. The highest BCUT2D eigenvalue weighted by molar-refractivity contribution is 7.15. The maximum Gasteiger partial charge on any atom is 0.301 e. The zero-order valence-electron chi connectivity index (χ0n) is 16.4. The van der Waals surface area contributed by atoms with Gasteiger partial charge in [-0.3, -0.25) is 14.5 Å². The molecule has 2 unspecified atom stereocenters. The zero-order valence-corrected chi connectivity index (χ0v) is 17.2. The number of ether oxygens (including phenoxy) is 1. The summed E-state index contributed by atoms with van der Waals surface area (Å²) in [5, 5.41) is 20.1. The van der Waals surface area contributed by atoms with Crippen molar-refractivity contribution < 1.29 is 19.4 Å². The van der Waals surface area contributed by atoms with Crippen LogP contribution in [-0.4, -0.2) is 40.1 Å². The Labute approximate surface area is 177 Å². The number of hydrogen-bond donors (Lipinski definition) is 2. The molecule has 30 heavy (non-hydrogen) atoms. The molecule has 1 saturated heterocycles. The third-order valence-electron chi connectivity index (χ3n) is 5.14. The van der Waals surface area contributed by atoms with Crippen LogP contribution in [0.2, 0.25) is 0 Å². The van der Waals surface area contributed by atoms with E-state index in [-0.39, 0.29) is 17.3 Å². The van der Waals surface area contributed by atoms with E-state index in [1.54, 1.807) is 44.4 Å². The third kappa shape index (κ3) is 3.37. The summed E-state index contributed by atoms with van der Waals surface area (Å²) >= 11 is 1.22. The zero-order chi connectivity index (χ0) is 21.4. The molecule has 1 aliphatic heterocycles. The molecular weight excluding hydrogens is 404 g/mol. The van der Waals surface area contributed by atoms with Gasteiger partial charge in [0.25, 0.3) is 5.78 Å². The van der Waals surface area contributed by atoms with E-state index in [2.05, 4.69) is 10.2 Å². The molecule has 8 nitrogen and oxygen atoms in total. The first kappa shape index (κ1) is 19.8. The molecule has 0 saturated carbocycles. The fourth-order valence-electron chi connectivity index (χ4n) is 3.65. The Morgan fingerprint density at radius 2 is 2.00 bits per heavy atom. The number of nitrogens with zero attached hydrogens (tertiary/aromatic N) is 3. The number of hydrogen-bond acceptors (Lipinski definition) is 8. The van der Waals surface area contributed by atoms with Crippen LogP contribution in [0.5, 0.6) is 5.75 Å². The number of Topliss-reactive ketones (excluding diaryl/α,β-unsaturated/α-hetero) is 1. The molecule has 2 aromatic rings. The van der Waals surface area contributed by atoms with Gasteiger partial charge < -0.3 is 15.6 Å². The van der Waals surface area contributed by atoms with Gasteiger partial charge in [-0.2, -0.15) is 0 Å². The molecule has 1 aromatic heterocycles. The van der Waals surface area contributed by atoms with Crippen molar-refractivity contribution in [2.45, 2.75) is 19.4 Å². The number of allylic oxidation sites excluding steroid dienone is 2. The molecule has 3 N–H and O–H groups in total. The number of aliphatic hydroxyl groups excluding tert-OH is 1. The molecule has 1 amide bonds. The van der Waals surface area contributed by atoms with Crippen molar-refractivity contribution in [2.24, 2.45) is 11.7 Å². The Hall–Kier alpha value is -3.46. The van der Waals surface area contributed by atoms with E-state index in [1.807, 2.05) is 12.2 Å². The minimum absolute atomic E-state index is 0.0431. The SMILES string of the molecule is COc1ccc(C(O)=C2C(=O)C(=O)N(c3nnc(C)s3)C2C2C=CC(N)=CC2)cc1. The van der Waals surface area contributed by atoms with Gasteiger partial charge in [0.15, 0.2) is 0 Å². The van der Waals surface area contributed by atoms with E-state index in [9.17, 15) is 14.7 Å². The highest BCUT2D eigenvalue weighted by Crippen LogP contribution is 2.39. The predicted octanol–water partition coefficient (Wildman–Crippen LogP) is 2.53. The predicted molar refractivity (Wildman–Crippen MR) is 113 cm³/mol. The summed E-state index contributed by atoms with van der Waals surface area (Å²) in [6.45, 7) is 1.77. The molecule has 1 fully saturated rings. The maximum atomic E-state index is 13.0. The number of aryl methyl sites for hydroxylation is 1. The minimum atomic E-state index is -0.753. The number of nitrogens with two attached hydrogens (primary N) is 1. The number of amides is 1. The lowest BCUT2D eigenvalue weighted by Gasteiger charge is -2.29. The second kappa shape index (κ2) is 7.75. The van der Waals surface area contributed by atoms with Crippen LogP contribution in [0.1, 0.15) is 17.0 Å². The van der Waals surface area contributed by atoms with E-state index < -0.39 is 17.7 Å². The number of methoxy groups -OCH3 is 1. The summed E-state index contributed by atoms with van der Waals surface area (Å²) in [6.07, 6.45) is 5.95. The van der Waals surface area contributed by atoms with Gasteiger partial charge in [-0.15, -0.1) is 10.2 Å². The Balaban J connectivity index is 1.85. The van der Waals surface area contributed by atoms with Gasteiger partial charge in [0.2, 0.25) is 5.13 Å². The van der Waals surface area contributed by atoms with Crippen LogP contribution in [0, 0.1) is 12.8 Å². The van der Waals surface area contributed by atoms with Crippen molar-refractivity contribution in [1.29, 1.82) is 0 Å². The second-order valence-electron chi connectivity index (χ2n) is 7.01. The number of benzene rings is 1. The molecule has 1 aliphatic carbocycles. The van der Waals surface area contributed by atoms with Gasteiger partial charge in [-0.05, 0) is 43.7 Å². The average Bonchev–Trinajstić information content (AvgIpc) is 3.29. The average molecular weight is 424 g/mol. The fourth-order valence-corrected chi connectivity index (χ4v) is 4.37. The Bertz CT molecular complexity index is 1100. The smallest absolute Gasteiger partial charge is 0.301 e. The van der Waals surface area contributed by atoms with Crippen molar-refractivity contribution in [1.82, 2.24) is 10.2 Å². The highest BCUT2D eigenvalue weighted by atomic mass is 32.1. The molecule has 2 aliphatic rings. The highest BCUT2D eigenvalue weighted by Gasteiger charge is 2.50. The lowest BCUT2D eigenvalue weighted by molar-refractivity contribution is -0.132. The first-order valence-electron chi connectivity index (χ1n) is 9.30. The van der Waals surface area contributed by atoms with E-state index >= 15 is 0 Å². The number of carbonyl (C=O) groups excluding carboxylic acids is 2. The van der Waals surface area contributed by atoms with Crippen LogP contribution in [0.4, 0.5) is 5.13 Å². The summed E-state index contributed by atoms with van der Waals surface area (Å²) in [5.41, 5.74) is 6.92. The summed E-state index contributed by atoms with van der Waals surface area (Å²) in [7, 11) is 1.54. The Morgan fingerprint density at radius 1 is 1.27 bits per heavy atom. The van der Waals surface area contributed by atoms with Crippen LogP contribution in [0.25, 0.3) is 5.76 Å². The van der Waals surface area contributed by atoms with Crippen LogP contribution in [0.15, 0.2) is 53.8 Å². The molecule has 2 atom stereocenters. The van der Waals surface area contributed by atoms with Crippen molar-refractivity contribution in [3.05, 3.63) is 64.3 Å². The monoisotopic (exact) mass is 424 g/mol. The summed E-state index contributed by atoms with van der Waals surface area (Å²) in [6, 6.07) is 5.92. The van der Waals surface area contributed by atoms with E-state index in [0.717, 1.165) is 0 Å². The lowest BCUT2D eigenvalue weighted by atomic mass is 9.86. The lowest BCUT2D eigenvalue weighted by Crippen LogP contribution is -2.39. The van der Waals surface area contributed by atoms with Crippen LogP contribution in [0.3, 0.4) is 0 Å². The van der Waals surface area contributed by atoms with Crippen molar-refractivity contribution in [2.75, 3.05) is 12.0 Å². The molecule has 9 heteroatoms. The maximum absolute atomic E-state index is 13.0. The Kier molecular flexibility index (Phi) is 5.13. The second-order valence-corrected chi connectivity index (χ2v) is 8.17. The summed E-state index contributed by atoms with van der Waals surface area (Å²) in [4.78, 5) is 27.3. The molecule has 1 aromatic carbocycles. The van der Waals surface area contributed by atoms with E-state index in [0.29, 0.717) is 33.6 Å². The number of aromatic nitrogens is 2. The fraction of sp³-hybridized carbons (Fsp3) is 0.238. The van der Waals surface area contributed by atoms with Crippen molar-refractivity contribution in [3.8, 4) is 5.75 Å². The largest absolute Gasteiger partial charge is 0.507 e. The van der Waals surface area contributed by atoms with E-state index in [1.165, 1.54) is 16.2 Å². The molecule has 4 rings (SSSR count). The quantitative estimate of drug-likeness (QED) is 0.440. The van der Waals surface area contributed by atoms with Crippen molar-refractivity contribution >= 4 is 33.9 Å².